The van der Waals surface area contributed by atoms with Crippen LogP contribution in [0.3, 0.4) is 0 Å². The molecule has 0 radical (unpaired) electrons. The van der Waals surface area contributed by atoms with Crippen molar-refractivity contribution in [3.8, 4) is 0 Å². The summed E-state index contributed by atoms with van der Waals surface area (Å²) < 4.78 is 0. The van der Waals surface area contributed by atoms with E-state index in [9.17, 15) is 15.2 Å². The highest BCUT2D eigenvalue weighted by Crippen LogP contribution is 2.29. The molecular weight excluding hydrogens is 220 g/mol. The van der Waals surface area contributed by atoms with E-state index < -0.39 is 11.0 Å². The van der Waals surface area contributed by atoms with E-state index in [1.54, 1.807) is 18.2 Å². The molecule has 92 valence electrons. The quantitative estimate of drug-likeness (QED) is 0.617. The molecule has 1 fully saturated rings. The largest absolute Gasteiger partial charge is 0.388 e. The second kappa shape index (κ2) is 5.25. The molecule has 1 heterocycles. The standard InChI is InChI=1S/C12H16N2O3/c15-12(8-9-4-3-7-13-9)10-5-1-2-6-11(10)14(16)17/h1-2,5-6,9,12-13,15H,3-4,7-8H2. The minimum Gasteiger partial charge on any atom is -0.388 e. The van der Waals surface area contributed by atoms with Gasteiger partial charge in [0.15, 0.2) is 0 Å². The van der Waals surface area contributed by atoms with Gasteiger partial charge in [0, 0.05) is 12.1 Å². The van der Waals surface area contributed by atoms with Gasteiger partial charge in [-0.2, -0.15) is 0 Å². The van der Waals surface area contributed by atoms with Crippen LogP contribution in [-0.2, 0) is 0 Å². The number of rotatable bonds is 4. The van der Waals surface area contributed by atoms with Crippen molar-refractivity contribution in [1.29, 1.82) is 0 Å². The van der Waals surface area contributed by atoms with Gasteiger partial charge in [0.1, 0.15) is 0 Å². The average Bonchev–Trinajstić information content (AvgIpc) is 2.81. The van der Waals surface area contributed by atoms with E-state index in [0.29, 0.717) is 12.0 Å². The van der Waals surface area contributed by atoms with Crippen LogP contribution in [-0.4, -0.2) is 22.6 Å². The number of nitro benzene ring substituents is 1. The Balaban J connectivity index is 2.12. The molecule has 5 nitrogen and oxygen atoms in total. The second-order valence-electron chi connectivity index (χ2n) is 4.36. The molecule has 0 amide bonds. The first-order valence-corrected chi connectivity index (χ1v) is 5.83. The number of hydrogen-bond donors (Lipinski definition) is 2. The summed E-state index contributed by atoms with van der Waals surface area (Å²) in [6.07, 6.45) is 1.89. The first-order valence-electron chi connectivity index (χ1n) is 5.83. The molecule has 2 atom stereocenters. The monoisotopic (exact) mass is 236 g/mol. The van der Waals surface area contributed by atoms with Crippen molar-refractivity contribution in [2.24, 2.45) is 0 Å². The summed E-state index contributed by atoms with van der Waals surface area (Å²) in [5.74, 6) is 0. The molecule has 1 saturated heterocycles. The van der Waals surface area contributed by atoms with Gasteiger partial charge in [0.2, 0.25) is 0 Å². The van der Waals surface area contributed by atoms with Crippen LogP contribution < -0.4 is 5.32 Å². The third kappa shape index (κ3) is 2.81. The minimum atomic E-state index is -0.771. The van der Waals surface area contributed by atoms with Crippen LogP contribution in [0.15, 0.2) is 24.3 Å². The van der Waals surface area contributed by atoms with E-state index in [2.05, 4.69) is 5.32 Å². The number of nitro groups is 1. The lowest BCUT2D eigenvalue weighted by atomic mass is 10.00. The molecule has 1 aromatic carbocycles. The van der Waals surface area contributed by atoms with E-state index >= 15 is 0 Å². The predicted molar refractivity (Wildman–Crippen MR) is 63.7 cm³/mol. The average molecular weight is 236 g/mol. The molecule has 0 saturated carbocycles. The molecule has 17 heavy (non-hydrogen) atoms. The lowest BCUT2D eigenvalue weighted by molar-refractivity contribution is -0.386. The fourth-order valence-corrected chi connectivity index (χ4v) is 2.29. The molecular formula is C12H16N2O3. The van der Waals surface area contributed by atoms with E-state index in [0.717, 1.165) is 19.4 Å². The molecule has 1 aromatic rings. The van der Waals surface area contributed by atoms with Gasteiger partial charge in [-0.3, -0.25) is 10.1 Å². The van der Waals surface area contributed by atoms with Gasteiger partial charge in [-0.25, -0.2) is 0 Å². The van der Waals surface area contributed by atoms with Crippen molar-refractivity contribution < 1.29 is 10.0 Å². The molecule has 0 aromatic heterocycles. The third-order valence-corrected chi connectivity index (χ3v) is 3.16. The Bertz CT molecular complexity index is 402. The molecule has 2 rings (SSSR count). The summed E-state index contributed by atoms with van der Waals surface area (Å²) >= 11 is 0. The van der Waals surface area contributed by atoms with Crippen molar-refractivity contribution in [2.45, 2.75) is 31.4 Å². The van der Waals surface area contributed by atoms with Gasteiger partial charge >= 0.3 is 0 Å². The maximum atomic E-state index is 10.8. The summed E-state index contributed by atoms with van der Waals surface area (Å²) in [5, 5.41) is 24.2. The summed E-state index contributed by atoms with van der Waals surface area (Å²) in [6, 6.07) is 6.65. The van der Waals surface area contributed by atoms with Crippen molar-refractivity contribution in [1.82, 2.24) is 5.32 Å². The second-order valence-corrected chi connectivity index (χ2v) is 4.36. The lowest BCUT2D eigenvalue weighted by Gasteiger charge is -2.16. The first-order chi connectivity index (χ1) is 8.18. The zero-order valence-electron chi connectivity index (χ0n) is 9.50. The van der Waals surface area contributed by atoms with Gasteiger partial charge in [-0.15, -0.1) is 0 Å². The number of benzene rings is 1. The number of aliphatic hydroxyl groups excluding tert-OH is 1. The molecule has 0 spiro atoms. The Morgan fingerprint density at radius 2 is 2.29 bits per heavy atom. The summed E-state index contributed by atoms with van der Waals surface area (Å²) in [4.78, 5) is 10.4. The highest BCUT2D eigenvalue weighted by atomic mass is 16.6. The molecule has 2 unspecified atom stereocenters. The number of para-hydroxylation sites is 1. The van der Waals surface area contributed by atoms with Crippen LogP contribution in [0, 0.1) is 10.1 Å². The van der Waals surface area contributed by atoms with Gasteiger partial charge in [-0.05, 0) is 31.9 Å². The van der Waals surface area contributed by atoms with E-state index in [4.69, 9.17) is 0 Å². The van der Waals surface area contributed by atoms with Crippen LogP contribution in [0.4, 0.5) is 5.69 Å². The number of hydrogen-bond acceptors (Lipinski definition) is 4. The van der Waals surface area contributed by atoms with Gasteiger partial charge in [0.05, 0.1) is 16.6 Å². The Morgan fingerprint density at radius 3 is 2.94 bits per heavy atom. The normalized spacial score (nSPS) is 21.4. The smallest absolute Gasteiger partial charge is 0.275 e. The Hall–Kier alpha value is -1.46. The zero-order valence-corrected chi connectivity index (χ0v) is 9.50. The predicted octanol–water partition coefficient (Wildman–Crippen LogP) is 1.77. The van der Waals surface area contributed by atoms with E-state index in [1.165, 1.54) is 6.07 Å². The minimum absolute atomic E-state index is 0.00185. The highest BCUT2D eigenvalue weighted by Gasteiger charge is 2.24. The van der Waals surface area contributed by atoms with E-state index in [1.807, 2.05) is 0 Å². The van der Waals surface area contributed by atoms with Crippen LogP contribution >= 0.6 is 0 Å². The van der Waals surface area contributed by atoms with Gasteiger partial charge in [-0.1, -0.05) is 12.1 Å². The Labute approximate surface area is 99.6 Å². The number of nitrogens with zero attached hydrogens (tertiary/aromatic N) is 1. The fourth-order valence-electron chi connectivity index (χ4n) is 2.29. The third-order valence-electron chi connectivity index (χ3n) is 3.16. The lowest BCUT2D eigenvalue weighted by Crippen LogP contribution is -2.23. The molecule has 0 bridgehead atoms. The van der Waals surface area contributed by atoms with Gasteiger partial charge in [0.25, 0.3) is 5.69 Å². The molecule has 1 aliphatic heterocycles. The molecule has 2 N–H and O–H groups in total. The van der Waals surface area contributed by atoms with Crippen molar-refractivity contribution >= 4 is 5.69 Å². The fraction of sp³-hybridized carbons (Fsp3) is 0.500. The van der Waals surface area contributed by atoms with E-state index in [-0.39, 0.29) is 11.7 Å². The first kappa shape index (κ1) is 12.0. The van der Waals surface area contributed by atoms with Crippen LogP contribution in [0.2, 0.25) is 0 Å². The van der Waals surface area contributed by atoms with Crippen LogP contribution in [0.25, 0.3) is 0 Å². The molecule has 0 aliphatic carbocycles. The van der Waals surface area contributed by atoms with Crippen molar-refractivity contribution in [2.75, 3.05) is 6.54 Å². The maximum absolute atomic E-state index is 10.8. The highest BCUT2D eigenvalue weighted by molar-refractivity contribution is 5.41. The van der Waals surface area contributed by atoms with Crippen molar-refractivity contribution in [3.63, 3.8) is 0 Å². The SMILES string of the molecule is O=[N+]([O-])c1ccccc1C(O)CC1CCCN1. The summed E-state index contributed by atoms with van der Waals surface area (Å²) in [6.45, 7) is 0.967. The topological polar surface area (TPSA) is 75.4 Å². The van der Waals surface area contributed by atoms with Crippen LogP contribution in [0.5, 0.6) is 0 Å². The zero-order chi connectivity index (χ0) is 12.3. The molecule has 5 heteroatoms. The summed E-state index contributed by atoms with van der Waals surface area (Å²) in [5.41, 5.74) is 0.407. The molecule has 1 aliphatic rings. The van der Waals surface area contributed by atoms with Gasteiger partial charge < -0.3 is 10.4 Å². The number of aliphatic hydroxyl groups is 1. The maximum Gasteiger partial charge on any atom is 0.275 e. The van der Waals surface area contributed by atoms with Crippen molar-refractivity contribution in [3.05, 3.63) is 39.9 Å². The Kier molecular flexibility index (Phi) is 3.71. The number of nitrogens with one attached hydrogen (secondary N) is 1. The Morgan fingerprint density at radius 1 is 1.53 bits per heavy atom. The summed E-state index contributed by atoms with van der Waals surface area (Å²) in [7, 11) is 0. The van der Waals surface area contributed by atoms with Crippen LogP contribution in [0.1, 0.15) is 30.9 Å².